The van der Waals surface area contributed by atoms with Crippen molar-refractivity contribution in [1.29, 1.82) is 0 Å². The zero-order chi connectivity index (χ0) is 20.8. The molecule has 3 aromatic rings. The molecule has 0 spiro atoms. The monoisotopic (exact) mass is 410 g/mol. The van der Waals surface area contributed by atoms with Crippen LogP contribution in [0.1, 0.15) is 32.8 Å². The van der Waals surface area contributed by atoms with Gasteiger partial charge in [-0.2, -0.15) is 0 Å². The number of sulfonamides is 1. The predicted molar refractivity (Wildman–Crippen MR) is 112 cm³/mol. The predicted octanol–water partition coefficient (Wildman–Crippen LogP) is 4.21. The second kappa shape index (κ2) is 7.08. The van der Waals surface area contributed by atoms with Gasteiger partial charge in [-0.1, -0.05) is 6.07 Å². The molecule has 1 N–H and O–H groups in total. The maximum absolute atomic E-state index is 12.9. The van der Waals surface area contributed by atoms with Crippen molar-refractivity contribution in [1.82, 2.24) is 0 Å². The fourth-order valence-electron chi connectivity index (χ4n) is 3.64. The highest BCUT2D eigenvalue weighted by atomic mass is 32.2. The smallest absolute Gasteiger partial charge is 0.293 e. The van der Waals surface area contributed by atoms with Crippen molar-refractivity contribution < 1.29 is 17.6 Å². The first-order valence-corrected chi connectivity index (χ1v) is 10.8. The number of hydrogen-bond donors (Lipinski definition) is 1. The Morgan fingerprint density at radius 2 is 1.79 bits per heavy atom. The summed E-state index contributed by atoms with van der Waals surface area (Å²) in [5, 5.41) is 0. The van der Waals surface area contributed by atoms with Crippen molar-refractivity contribution in [2.75, 3.05) is 16.2 Å². The lowest BCUT2D eigenvalue weighted by Crippen LogP contribution is -2.28. The zero-order valence-corrected chi connectivity index (χ0v) is 17.3. The first-order valence-electron chi connectivity index (χ1n) is 9.35. The Kier molecular flexibility index (Phi) is 4.70. The second-order valence-corrected chi connectivity index (χ2v) is 8.99. The highest BCUT2D eigenvalue weighted by molar-refractivity contribution is 7.92. The topological polar surface area (TPSA) is 79.6 Å². The van der Waals surface area contributed by atoms with E-state index in [9.17, 15) is 13.2 Å². The highest BCUT2D eigenvalue weighted by Gasteiger charge is 2.28. The lowest BCUT2D eigenvalue weighted by atomic mass is 10.1. The molecule has 2 heterocycles. The van der Waals surface area contributed by atoms with Gasteiger partial charge >= 0.3 is 0 Å². The second-order valence-electron chi connectivity index (χ2n) is 7.34. The minimum atomic E-state index is -3.71. The molecule has 0 atom stereocenters. The van der Waals surface area contributed by atoms with Gasteiger partial charge in [-0.05, 0) is 85.8 Å². The van der Waals surface area contributed by atoms with E-state index in [0.717, 1.165) is 22.4 Å². The molecule has 0 fully saturated rings. The van der Waals surface area contributed by atoms with Gasteiger partial charge in [0, 0.05) is 17.9 Å². The zero-order valence-electron chi connectivity index (χ0n) is 16.5. The average molecular weight is 410 g/mol. The fourth-order valence-corrected chi connectivity index (χ4v) is 5.01. The minimum Gasteiger partial charge on any atom is -0.459 e. The van der Waals surface area contributed by atoms with E-state index in [0.29, 0.717) is 24.2 Å². The maximum atomic E-state index is 12.9. The van der Waals surface area contributed by atoms with Crippen LogP contribution < -0.4 is 9.62 Å². The lowest BCUT2D eigenvalue weighted by Gasteiger charge is -2.17. The number of benzene rings is 2. The van der Waals surface area contributed by atoms with Gasteiger partial charge in [0.25, 0.3) is 15.9 Å². The molecule has 4 rings (SSSR count). The summed E-state index contributed by atoms with van der Waals surface area (Å²) in [4.78, 5) is 14.5. The average Bonchev–Trinajstić information content (AvgIpc) is 3.33. The molecule has 1 aromatic heterocycles. The molecule has 2 aromatic carbocycles. The molecular formula is C22H22N2O4S. The van der Waals surface area contributed by atoms with Gasteiger partial charge in [0.15, 0.2) is 5.76 Å². The number of nitrogens with one attached hydrogen (secondary N) is 1. The van der Waals surface area contributed by atoms with E-state index in [-0.39, 0.29) is 16.6 Å². The molecule has 0 unspecified atom stereocenters. The molecule has 0 radical (unpaired) electrons. The molecule has 1 aliphatic rings. The molecule has 0 bridgehead atoms. The number of furan rings is 1. The number of nitrogens with zero attached hydrogens (tertiary/aromatic N) is 1. The summed E-state index contributed by atoms with van der Waals surface area (Å²) in [6, 6.07) is 12.1. The van der Waals surface area contributed by atoms with E-state index in [4.69, 9.17) is 4.42 Å². The summed E-state index contributed by atoms with van der Waals surface area (Å²) in [6.45, 7) is 6.18. The van der Waals surface area contributed by atoms with Crippen molar-refractivity contribution in [3.63, 3.8) is 0 Å². The number of anilines is 2. The summed E-state index contributed by atoms with van der Waals surface area (Å²) in [5.74, 6) is 0.0840. The molecule has 1 amide bonds. The number of rotatable bonds is 4. The Labute approximate surface area is 170 Å². The fraction of sp³-hybridized carbons (Fsp3) is 0.227. The van der Waals surface area contributed by atoms with E-state index in [2.05, 4.69) is 4.72 Å². The number of hydrogen-bond acceptors (Lipinski definition) is 4. The number of fused-ring (bicyclic) bond motifs is 1. The van der Waals surface area contributed by atoms with Crippen molar-refractivity contribution in [3.8, 4) is 0 Å². The van der Waals surface area contributed by atoms with Crippen molar-refractivity contribution >= 4 is 27.3 Å². The Hall–Kier alpha value is -3.06. The number of carbonyl (C=O) groups excluding carboxylic acids is 1. The summed E-state index contributed by atoms with van der Waals surface area (Å²) in [7, 11) is -3.71. The van der Waals surface area contributed by atoms with E-state index in [1.807, 2.05) is 19.9 Å². The largest absolute Gasteiger partial charge is 0.459 e. The van der Waals surface area contributed by atoms with Crippen LogP contribution in [0, 0.1) is 20.8 Å². The summed E-state index contributed by atoms with van der Waals surface area (Å²) < 4.78 is 33.7. The molecular weight excluding hydrogens is 388 g/mol. The molecule has 1 aliphatic heterocycles. The minimum absolute atomic E-state index is 0.201. The number of carbonyl (C=O) groups is 1. The van der Waals surface area contributed by atoms with Gasteiger partial charge in [0.2, 0.25) is 0 Å². The molecule has 29 heavy (non-hydrogen) atoms. The van der Waals surface area contributed by atoms with Crippen LogP contribution in [0.5, 0.6) is 0 Å². The normalized spacial score (nSPS) is 13.4. The van der Waals surface area contributed by atoms with Crippen LogP contribution in [-0.4, -0.2) is 20.9 Å². The quantitative estimate of drug-likeness (QED) is 0.699. The number of aryl methyl sites for hydroxylation is 3. The number of amides is 1. The summed E-state index contributed by atoms with van der Waals surface area (Å²) in [5.41, 5.74) is 4.86. The van der Waals surface area contributed by atoms with Crippen LogP contribution in [-0.2, 0) is 16.4 Å². The van der Waals surface area contributed by atoms with Crippen LogP contribution in [0.25, 0.3) is 0 Å². The summed E-state index contributed by atoms with van der Waals surface area (Å²) in [6.07, 6.45) is 2.12. The molecule has 0 saturated heterocycles. The van der Waals surface area contributed by atoms with Gasteiger partial charge < -0.3 is 9.32 Å². The molecule has 7 heteroatoms. The van der Waals surface area contributed by atoms with Crippen molar-refractivity contribution in [2.45, 2.75) is 32.1 Å². The van der Waals surface area contributed by atoms with E-state index < -0.39 is 10.0 Å². The van der Waals surface area contributed by atoms with E-state index in [1.165, 1.54) is 6.26 Å². The van der Waals surface area contributed by atoms with Crippen LogP contribution in [0.4, 0.5) is 11.4 Å². The Morgan fingerprint density at radius 1 is 1.03 bits per heavy atom. The van der Waals surface area contributed by atoms with Crippen LogP contribution >= 0.6 is 0 Å². The highest BCUT2D eigenvalue weighted by Crippen LogP contribution is 2.32. The first kappa shape index (κ1) is 19.3. The van der Waals surface area contributed by atoms with Crippen molar-refractivity contribution in [2.24, 2.45) is 0 Å². The standard InChI is InChI=1S/C22H22N2O4S/c1-14-11-16(3)21(12-15(14)2)29(26,27)23-18-6-7-19-17(13-18)8-9-24(19)22(25)20-5-4-10-28-20/h4-7,10-13,23H,8-9H2,1-3H3. The third-order valence-corrected chi connectivity index (χ3v) is 6.81. The lowest BCUT2D eigenvalue weighted by molar-refractivity contribution is 0.0963. The Balaban J connectivity index is 1.60. The van der Waals surface area contributed by atoms with Crippen LogP contribution in [0.3, 0.4) is 0 Å². The van der Waals surface area contributed by atoms with Gasteiger partial charge in [-0.25, -0.2) is 8.42 Å². The van der Waals surface area contributed by atoms with Crippen molar-refractivity contribution in [3.05, 3.63) is 76.7 Å². The molecule has 0 saturated carbocycles. The summed E-state index contributed by atoms with van der Waals surface area (Å²) >= 11 is 0. The van der Waals surface area contributed by atoms with E-state index >= 15 is 0 Å². The first-order chi connectivity index (χ1) is 13.8. The van der Waals surface area contributed by atoms with Crippen LogP contribution in [0.2, 0.25) is 0 Å². The third kappa shape index (κ3) is 3.53. The Morgan fingerprint density at radius 3 is 2.52 bits per heavy atom. The molecule has 150 valence electrons. The Bertz CT molecular complexity index is 1200. The third-order valence-electron chi connectivity index (χ3n) is 5.29. The molecule has 0 aliphatic carbocycles. The maximum Gasteiger partial charge on any atom is 0.293 e. The SMILES string of the molecule is Cc1cc(C)c(S(=O)(=O)Nc2ccc3c(c2)CCN3C(=O)c2ccco2)cc1C. The van der Waals surface area contributed by atoms with Gasteiger partial charge in [-0.15, -0.1) is 0 Å². The molecule has 6 nitrogen and oxygen atoms in total. The van der Waals surface area contributed by atoms with Crippen LogP contribution in [0.15, 0.2) is 58.0 Å². The van der Waals surface area contributed by atoms with Gasteiger partial charge in [0.1, 0.15) is 0 Å². The van der Waals surface area contributed by atoms with Gasteiger partial charge in [0.05, 0.1) is 11.2 Å². The van der Waals surface area contributed by atoms with E-state index in [1.54, 1.807) is 48.2 Å². The van der Waals surface area contributed by atoms with Gasteiger partial charge in [-0.3, -0.25) is 9.52 Å².